The summed E-state index contributed by atoms with van der Waals surface area (Å²) in [7, 11) is 0. The van der Waals surface area contributed by atoms with Crippen molar-refractivity contribution < 1.29 is 0 Å². The van der Waals surface area contributed by atoms with Crippen LogP contribution in [0.3, 0.4) is 0 Å². The Morgan fingerprint density at radius 1 is 0.272 bits per heavy atom. The lowest BCUT2D eigenvalue weighted by molar-refractivity contribution is 0.403. The number of thiophene rings is 4. The Morgan fingerprint density at radius 2 is 0.553 bits per heavy atom. The van der Waals surface area contributed by atoms with E-state index in [1.54, 1.807) is 44.5 Å². The number of allylic oxidation sites excluding steroid dienone is 4. The number of para-hydroxylation sites is 4. The van der Waals surface area contributed by atoms with Crippen LogP contribution in [0.5, 0.6) is 0 Å². The summed E-state index contributed by atoms with van der Waals surface area (Å²) < 4.78 is 5.77. The summed E-state index contributed by atoms with van der Waals surface area (Å²) in [4.78, 5) is 5.98. The summed E-state index contributed by atoms with van der Waals surface area (Å²) in [5.41, 5.74) is 24.6. The van der Waals surface area contributed by atoms with E-state index >= 15 is 0 Å². The normalized spacial score (nSPS) is 32.1. The quantitative estimate of drug-likeness (QED) is 0.142. The number of rotatable bonds is 4. The van der Waals surface area contributed by atoms with Gasteiger partial charge in [-0.3, -0.25) is 0 Å². The van der Waals surface area contributed by atoms with Crippen molar-refractivity contribution in [2.45, 2.75) is 187 Å². The van der Waals surface area contributed by atoms with Crippen LogP contribution in [0.2, 0.25) is 0 Å². The molecule has 8 aromatic carbocycles. The number of anilines is 4. The van der Waals surface area contributed by atoms with Crippen molar-refractivity contribution in [2.75, 3.05) is 27.8 Å². The number of aryl methyl sites for hydroxylation is 3. The van der Waals surface area contributed by atoms with E-state index in [2.05, 4.69) is 316 Å². The number of hydrogen-bond donors (Lipinski definition) is 4. The molecule has 4 saturated carbocycles. The summed E-state index contributed by atoms with van der Waals surface area (Å²) in [5.74, 6) is 12.7. The Hall–Kier alpha value is -8.24. The van der Waals surface area contributed by atoms with Crippen LogP contribution in [0.15, 0.2) is 194 Å². The molecule has 4 fully saturated rings. The summed E-state index contributed by atoms with van der Waals surface area (Å²) >= 11 is 7.89. The van der Waals surface area contributed by atoms with E-state index in [9.17, 15) is 0 Å². The molecular weight excluding hydrogens is 1460 g/mol. The molecule has 0 radical (unpaired) electrons. The predicted molar refractivity (Wildman–Crippen MR) is 495 cm³/mol. The third-order valence-electron chi connectivity index (χ3n) is 31.5. The second-order valence-electron chi connectivity index (χ2n) is 37.3. The maximum atomic E-state index is 3.86. The van der Waals surface area contributed by atoms with Crippen molar-refractivity contribution >= 4 is 133 Å². The zero-order valence-electron chi connectivity index (χ0n) is 68.4. The summed E-state index contributed by atoms with van der Waals surface area (Å²) in [6.07, 6.45) is 28.5. The fourth-order valence-corrected chi connectivity index (χ4v) is 30.4. The molecule has 12 aliphatic rings. The highest BCUT2D eigenvalue weighted by atomic mass is 32.1. The molecule has 24 rings (SSSR count). The zero-order valence-corrected chi connectivity index (χ0v) is 71.6. The lowest BCUT2D eigenvalue weighted by Crippen LogP contribution is -2.25. The lowest BCUT2D eigenvalue weighted by Gasteiger charge is -2.32. The fourth-order valence-electron chi connectivity index (χ4n) is 25.7. The molecule has 580 valence electrons. The molecule has 23 atom stereocenters. The van der Waals surface area contributed by atoms with Crippen molar-refractivity contribution in [3.63, 3.8) is 0 Å². The summed E-state index contributed by atoms with van der Waals surface area (Å²) in [6, 6.07) is 65.9. The molecule has 0 saturated heterocycles. The van der Waals surface area contributed by atoms with Crippen LogP contribution in [0.25, 0.3) is 64.6 Å². The van der Waals surface area contributed by atoms with Crippen molar-refractivity contribution in [1.29, 1.82) is 0 Å². The summed E-state index contributed by atoms with van der Waals surface area (Å²) in [5, 5.41) is 21.2. The highest BCUT2D eigenvalue weighted by Crippen LogP contribution is 2.67. The van der Waals surface area contributed by atoms with Crippen LogP contribution in [0.1, 0.15) is 229 Å². The average molecular weight is 1570 g/mol. The Kier molecular flexibility index (Phi) is 18.8. The van der Waals surface area contributed by atoms with Crippen molar-refractivity contribution in [3.8, 4) is 0 Å². The monoisotopic (exact) mass is 1570 g/mol. The molecule has 4 nitrogen and oxygen atoms in total. The molecule has 114 heavy (non-hydrogen) atoms. The molecule has 0 spiro atoms. The molecule has 8 heteroatoms. The standard InChI is InChI=1S/2C27H29NS.2C26H27NS/c2*1-15-11-12-18-7-6-9-21(27(18)28-15)24-16(2)17(3)25-20(24)13-14-23-26(25)19-8-4-5-10-22(19)29-23;1-14-13-17-7-6-9-20(26(17)27-14)23-15(2)16(3)24-19(23)11-12-22-25(24)18-8-4-5-10-21(18)28-22;1-15-16(2)24-19(12-13-22-25(24)18-9-3-4-11-21(18)28-22)23(15)20-10-5-7-17-8-6-14-27-26(17)20/h2*4-10,13-17,20,24-25,28H,11-12H2,1-3H3;4-12,14-16,19,23-24,27H,13H2,1-3H3;3-5,7,9-13,15-16,19,23-24,27H,6,8,14H2,1-2H3. The second kappa shape index (κ2) is 29.1. The van der Waals surface area contributed by atoms with Crippen LogP contribution in [0, 0.1) is 71.0 Å². The Morgan fingerprint density at radius 3 is 0.895 bits per heavy atom. The molecule has 4 aromatic heterocycles. The highest BCUT2D eigenvalue weighted by Gasteiger charge is 2.54. The van der Waals surface area contributed by atoms with Gasteiger partial charge in [-0.15, -0.1) is 45.3 Å². The van der Waals surface area contributed by atoms with Gasteiger partial charge in [0.1, 0.15) is 0 Å². The second-order valence-corrected chi connectivity index (χ2v) is 41.6. The molecule has 0 bridgehead atoms. The van der Waals surface area contributed by atoms with Crippen LogP contribution in [-0.4, -0.2) is 24.7 Å². The summed E-state index contributed by atoms with van der Waals surface area (Å²) in [6.45, 7) is 28.1. The van der Waals surface area contributed by atoms with E-state index in [-0.39, 0.29) is 0 Å². The average Bonchev–Trinajstić information content (AvgIpc) is 1.58. The van der Waals surface area contributed by atoms with Gasteiger partial charge in [0.05, 0.1) is 0 Å². The van der Waals surface area contributed by atoms with Crippen LogP contribution >= 0.6 is 45.3 Å². The van der Waals surface area contributed by atoms with Crippen LogP contribution in [0.4, 0.5) is 22.7 Å². The zero-order chi connectivity index (χ0) is 77.2. The Balaban J connectivity index is 0.0000000955. The molecular formula is C106H112N4S4. The van der Waals surface area contributed by atoms with E-state index in [4.69, 9.17) is 0 Å². The topological polar surface area (TPSA) is 48.1 Å². The van der Waals surface area contributed by atoms with Gasteiger partial charge >= 0.3 is 0 Å². The van der Waals surface area contributed by atoms with Gasteiger partial charge in [0.25, 0.3) is 0 Å². The van der Waals surface area contributed by atoms with Gasteiger partial charge in [0, 0.05) is 85.7 Å². The molecule has 8 aliphatic carbocycles. The van der Waals surface area contributed by atoms with Gasteiger partial charge in [-0.2, -0.15) is 0 Å². The van der Waals surface area contributed by atoms with E-state index in [0.717, 1.165) is 13.0 Å². The van der Waals surface area contributed by atoms with E-state index < -0.39 is 0 Å². The van der Waals surface area contributed by atoms with Gasteiger partial charge in [0.15, 0.2) is 0 Å². The minimum Gasteiger partial charge on any atom is -0.385 e. The molecule has 12 aromatic rings. The third-order valence-corrected chi connectivity index (χ3v) is 36.1. The third kappa shape index (κ3) is 11.8. The van der Waals surface area contributed by atoms with Crippen LogP contribution < -0.4 is 21.3 Å². The Labute approximate surface area is 693 Å². The number of hydrogen-bond acceptors (Lipinski definition) is 8. The molecule has 4 N–H and O–H groups in total. The highest BCUT2D eigenvalue weighted by molar-refractivity contribution is 7.21. The largest absolute Gasteiger partial charge is 0.385 e. The van der Waals surface area contributed by atoms with Gasteiger partial charge in [-0.05, 0) is 321 Å². The lowest BCUT2D eigenvalue weighted by atomic mass is 9.75. The number of fused-ring (bicyclic) bond motifs is 24. The first-order valence-corrected chi connectivity index (χ1v) is 47.2. The van der Waals surface area contributed by atoms with Crippen molar-refractivity contribution in [1.82, 2.24) is 0 Å². The molecule has 0 amide bonds. The molecule has 4 aliphatic heterocycles. The SMILES string of the molecule is CC1C(C)C2c3c(sc4ccccc34)C=CC2C1c1cccc2c1NCCC2.CC1CCc2cccc(C3C(C)C(C)C4c5c(sc6ccccc56)C=CC34)c2N1.CC1CCc2cccc(C3C(C)C(C)C4c5c(sc6ccccc56)C=CC34)c2N1.CC1Cc2cccc(C3C(C)C(C)C4c5c(sc6ccccc56)C=CC34)c2N1. The number of nitrogens with one attached hydrogen (secondary N) is 4. The first-order valence-electron chi connectivity index (χ1n) is 43.9. The number of benzene rings is 8. The van der Waals surface area contributed by atoms with Crippen molar-refractivity contribution in [3.05, 3.63) is 280 Å². The fraction of sp³-hybridized carbons (Fsp3) is 0.396. The van der Waals surface area contributed by atoms with E-state index in [0.29, 0.717) is 136 Å². The first-order chi connectivity index (χ1) is 55.6. The maximum Gasteiger partial charge on any atom is 0.0411 e. The minimum absolute atomic E-state index is 0.551. The van der Waals surface area contributed by atoms with Gasteiger partial charge < -0.3 is 21.3 Å². The smallest absolute Gasteiger partial charge is 0.0411 e. The molecule has 23 unspecified atom stereocenters. The van der Waals surface area contributed by atoms with E-state index in [1.165, 1.54) is 143 Å². The van der Waals surface area contributed by atoms with Gasteiger partial charge in [-0.1, -0.05) is 225 Å². The predicted octanol–water partition coefficient (Wildman–Crippen LogP) is 29.0. The Bertz CT molecular complexity index is 5690. The van der Waals surface area contributed by atoms with Crippen LogP contribution in [-0.2, 0) is 25.7 Å². The molecule has 8 heterocycles. The maximum absolute atomic E-state index is 3.86. The van der Waals surface area contributed by atoms with E-state index in [1.807, 2.05) is 45.3 Å². The van der Waals surface area contributed by atoms with Gasteiger partial charge in [-0.25, -0.2) is 0 Å². The van der Waals surface area contributed by atoms with Crippen molar-refractivity contribution in [2.24, 2.45) is 71.0 Å². The minimum atomic E-state index is 0.551. The first kappa shape index (κ1) is 73.4. The van der Waals surface area contributed by atoms with Gasteiger partial charge in [0.2, 0.25) is 0 Å².